The Morgan fingerprint density at radius 2 is 1.95 bits per heavy atom. The summed E-state index contributed by atoms with van der Waals surface area (Å²) >= 11 is 0. The molecule has 1 aliphatic rings. The molecule has 0 aromatic heterocycles. The lowest BCUT2D eigenvalue weighted by Crippen LogP contribution is -2.35. The first-order valence-corrected chi connectivity index (χ1v) is 6.73. The maximum absolute atomic E-state index is 12.4. The number of amides is 2. The molecule has 0 atom stereocenters. The minimum absolute atomic E-state index is 0.0269. The van der Waals surface area contributed by atoms with Crippen molar-refractivity contribution in [3.8, 4) is 0 Å². The number of carbonyl (C=O) groups is 2. The third kappa shape index (κ3) is 3.34. The van der Waals surface area contributed by atoms with E-state index in [1.165, 1.54) is 19.8 Å². The van der Waals surface area contributed by atoms with Gasteiger partial charge in [-0.1, -0.05) is 18.9 Å². The third-order valence-electron chi connectivity index (χ3n) is 3.62. The molecule has 1 saturated carbocycles. The van der Waals surface area contributed by atoms with Gasteiger partial charge in [-0.25, -0.2) is 0 Å². The molecule has 1 aromatic carbocycles. The van der Waals surface area contributed by atoms with Gasteiger partial charge in [-0.15, -0.1) is 0 Å². The number of nitrogens with one attached hydrogen (secondary N) is 1. The molecule has 1 fully saturated rings. The summed E-state index contributed by atoms with van der Waals surface area (Å²) < 4.78 is 0. The summed E-state index contributed by atoms with van der Waals surface area (Å²) in [6, 6.07) is 7.46. The van der Waals surface area contributed by atoms with Crippen LogP contribution in [0.4, 0.5) is 5.69 Å². The van der Waals surface area contributed by atoms with Crippen LogP contribution in [-0.2, 0) is 4.79 Å². The summed E-state index contributed by atoms with van der Waals surface area (Å²) in [5.74, 6) is -0.104. The Balaban J connectivity index is 2.11. The molecule has 1 aliphatic carbocycles. The van der Waals surface area contributed by atoms with Gasteiger partial charge >= 0.3 is 0 Å². The summed E-state index contributed by atoms with van der Waals surface area (Å²) in [5.41, 5.74) is 1.29. The zero-order valence-corrected chi connectivity index (χ0v) is 11.5. The minimum atomic E-state index is -0.131. The quantitative estimate of drug-likeness (QED) is 0.908. The van der Waals surface area contributed by atoms with Gasteiger partial charge in [0, 0.05) is 31.3 Å². The lowest BCUT2D eigenvalue weighted by Gasteiger charge is -2.24. The van der Waals surface area contributed by atoms with Gasteiger partial charge in [-0.2, -0.15) is 0 Å². The van der Waals surface area contributed by atoms with E-state index in [0.717, 1.165) is 12.8 Å². The molecular weight excluding hydrogens is 240 g/mol. The SMILES string of the molecule is CC(=O)Nc1cccc(C(=O)N(C)C2CCCC2)c1. The Morgan fingerprint density at radius 1 is 1.26 bits per heavy atom. The van der Waals surface area contributed by atoms with Gasteiger partial charge in [0.05, 0.1) is 0 Å². The molecule has 102 valence electrons. The van der Waals surface area contributed by atoms with E-state index in [0.29, 0.717) is 17.3 Å². The highest BCUT2D eigenvalue weighted by Gasteiger charge is 2.24. The van der Waals surface area contributed by atoms with Gasteiger partial charge in [0.2, 0.25) is 5.91 Å². The van der Waals surface area contributed by atoms with Gasteiger partial charge in [0.25, 0.3) is 5.91 Å². The van der Waals surface area contributed by atoms with Crippen molar-refractivity contribution in [2.45, 2.75) is 38.6 Å². The van der Waals surface area contributed by atoms with Gasteiger partial charge in [-0.3, -0.25) is 9.59 Å². The molecule has 0 bridgehead atoms. The molecule has 2 rings (SSSR count). The average molecular weight is 260 g/mol. The van der Waals surface area contributed by atoms with Gasteiger partial charge < -0.3 is 10.2 Å². The van der Waals surface area contributed by atoms with Crippen molar-refractivity contribution in [1.82, 2.24) is 4.90 Å². The standard InChI is InChI=1S/C15H20N2O2/c1-11(18)16-13-7-5-6-12(10-13)15(19)17(2)14-8-3-4-9-14/h5-7,10,14H,3-4,8-9H2,1-2H3,(H,16,18). The van der Waals surface area contributed by atoms with Crippen LogP contribution in [0.1, 0.15) is 43.0 Å². The van der Waals surface area contributed by atoms with Crippen LogP contribution in [0.2, 0.25) is 0 Å². The predicted molar refractivity (Wildman–Crippen MR) is 75.1 cm³/mol. The molecule has 0 saturated heterocycles. The molecule has 1 aromatic rings. The highest BCUT2D eigenvalue weighted by molar-refractivity contribution is 5.96. The van der Waals surface area contributed by atoms with Crippen molar-refractivity contribution in [3.05, 3.63) is 29.8 Å². The summed E-state index contributed by atoms with van der Waals surface area (Å²) in [7, 11) is 1.86. The van der Waals surface area contributed by atoms with Crippen molar-refractivity contribution in [2.24, 2.45) is 0 Å². The van der Waals surface area contributed by atoms with Crippen molar-refractivity contribution in [3.63, 3.8) is 0 Å². The summed E-state index contributed by atoms with van der Waals surface area (Å²) in [6.45, 7) is 1.46. The Morgan fingerprint density at radius 3 is 2.58 bits per heavy atom. The van der Waals surface area contributed by atoms with E-state index < -0.39 is 0 Å². The van der Waals surface area contributed by atoms with Crippen LogP contribution >= 0.6 is 0 Å². The van der Waals surface area contributed by atoms with Gasteiger partial charge in [0.1, 0.15) is 0 Å². The summed E-state index contributed by atoms with van der Waals surface area (Å²) in [4.78, 5) is 25.2. The van der Waals surface area contributed by atoms with E-state index in [2.05, 4.69) is 5.32 Å². The number of benzene rings is 1. The minimum Gasteiger partial charge on any atom is -0.339 e. The maximum Gasteiger partial charge on any atom is 0.253 e. The van der Waals surface area contributed by atoms with E-state index in [1.807, 2.05) is 11.9 Å². The molecule has 0 aliphatic heterocycles. The van der Waals surface area contributed by atoms with E-state index in [-0.39, 0.29) is 11.8 Å². The molecule has 0 spiro atoms. The Hall–Kier alpha value is -1.84. The molecule has 0 radical (unpaired) electrons. The van der Waals surface area contributed by atoms with Crippen LogP contribution in [0.15, 0.2) is 24.3 Å². The van der Waals surface area contributed by atoms with Crippen LogP contribution in [-0.4, -0.2) is 29.8 Å². The number of hydrogen-bond donors (Lipinski definition) is 1. The zero-order chi connectivity index (χ0) is 13.8. The topological polar surface area (TPSA) is 49.4 Å². The monoisotopic (exact) mass is 260 g/mol. The number of nitrogens with zero attached hydrogens (tertiary/aromatic N) is 1. The van der Waals surface area contributed by atoms with Gasteiger partial charge in [-0.05, 0) is 31.0 Å². The Bertz CT molecular complexity index is 479. The highest BCUT2D eigenvalue weighted by Crippen LogP contribution is 2.24. The lowest BCUT2D eigenvalue weighted by atomic mass is 10.1. The molecule has 4 nitrogen and oxygen atoms in total. The molecule has 1 N–H and O–H groups in total. The smallest absolute Gasteiger partial charge is 0.253 e. The average Bonchev–Trinajstić information content (AvgIpc) is 2.90. The van der Waals surface area contributed by atoms with Crippen LogP contribution < -0.4 is 5.32 Å². The zero-order valence-electron chi connectivity index (χ0n) is 11.5. The number of hydrogen-bond acceptors (Lipinski definition) is 2. The van der Waals surface area contributed by atoms with E-state index in [4.69, 9.17) is 0 Å². The number of anilines is 1. The predicted octanol–water partition coefficient (Wildman–Crippen LogP) is 2.66. The van der Waals surface area contributed by atoms with Crippen LogP contribution in [0.5, 0.6) is 0 Å². The largest absolute Gasteiger partial charge is 0.339 e. The second kappa shape index (κ2) is 5.87. The van der Waals surface area contributed by atoms with Crippen molar-refractivity contribution in [2.75, 3.05) is 12.4 Å². The molecule has 4 heteroatoms. The van der Waals surface area contributed by atoms with Crippen molar-refractivity contribution < 1.29 is 9.59 Å². The molecule has 0 unspecified atom stereocenters. The fraction of sp³-hybridized carbons (Fsp3) is 0.467. The van der Waals surface area contributed by atoms with E-state index in [1.54, 1.807) is 24.3 Å². The molecule has 0 heterocycles. The fourth-order valence-corrected chi connectivity index (χ4v) is 2.59. The third-order valence-corrected chi connectivity index (χ3v) is 3.62. The lowest BCUT2D eigenvalue weighted by molar-refractivity contribution is -0.114. The highest BCUT2D eigenvalue weighted by atomic mass is 16.2. The Kier molecular flexibility index (Phi) is 4.20. The first kappa shape index (κ1) is 13.6. The van der Waals surface area contributed by atoms with Gasteiger partial charge in [0.15, 0.2) is 0 Å². The fourth-order valence-electron chi connectivity index (χ4n) is 2.59. The maximum atomic E-state index is 12.4. The van der Waals surface area contributed by atoms with Crippen molar-refractivity contribution in [1.29, 1.82) is 0 Å². The normalized spacial score (nSPS) is 15.3. The van der Waals surface area contributed by atoms with Crippen molar-refractivity contribution >= 4 is 17.5 Å². The second-order valence-electron chi connectivity index (χ2n) is 5.12. The van der Waals surface area contributed by atoms with Crippen LogP contribution in [0, 0.1) is 0 Å². The Labute approximate surface area is 113 Å². The first-order valence-electron chi connectivity index (χ1n) is 6.73. The number of rotatable bonds is 3. The summed E-state index contributed by atoms with van der Waals surface area (Å²) in [5, 5.41) is 2.70. The molecular formula is C15H20N2O2. The van der Waals surface area contributed by atoms with E-state index in [9.17, 15) is 9.59 Å². The van der Waals surface area contributed by atoms with Crippen LogP contribution in [0.25, 0.3) is 0 Å². The molecule has 19 heavy (non-hydrogen) atoms. The summed E-state index contributed by atoms with van der Waals surface area (Å²) in [6.07, 6.45) is 4.59. The second-order valence-corrected chi connectivity index (χ2v) is 5.12. The number of carbonyl (C=O) groups excluding carboxylic acids is 2. The van der Waals surface area contributed by atoms with Crippen LogP contribution in [0.3, 0.4) is 0 Å². The first-order chi connectivity index (χ1) is 9.08. The molecule has 2 amide bonds. The van der Waals surface area contributed by atoms with E-state index >= 15 is 0 Å².